The van der Waals surface area contributed by atoms with Gasteiger partial charge in [-0.15, -0.1) is 0 Å². The van der Waals surface area contributed by atoms with Crippen molar-refractivity contribution in [3.63, 3.8) is 0 Å². The number of benzene rings is 2. The van der Waals surface area contributed by atoms with Gasteiger partial charge in [-0.1, -0.05) is 34.1 Å². The SMILES string of the molecule is COc1ccc(CCNC(=O)/C(C#N)=C/c2cccc(Br)c2)cc1OC. The first-order valence-corrected chi connectivity index (χ1v) is 8.73. The van der Waals surface area contributed by atoms with Crippen molar-refractivity contribution >= 4 is 27.9 Å². The van der Waals surface area contributed by atoms with Crippen LogP contribution in [0.4, 0.5) is 0 Å². The molecule has 0 bridgehead atoms. The highest BCUT2D eigenvalue weighted by Gasteiger charge is 2.09. The van der Waals surface area contributed by atoms with E-state index in [2.05, 4.69) is 21.2 Å². The number of nitrogens with one attached hydrogen (secondary N) is 1. The maximum absolute atomic E-state index is 12.2. The molecule has 0 atom stereocenters. The Hall–Kier alpha value is -2.78. The smallest absolute Gasteiger partial charge is 0.261 e. The number of hydrogen-bond donors (Lipinski definition) is 1. The quantitative estimate of drug-likeness (QED) is 0.553. The Morgan fingerprint density at radius 1 is 1.19 bits per heavy atom. The van der Waals surface area contributed by atoms with E-state index in [4.69, 9.17) is 9.47 Å². The molecule has 2 aromatic rings. The number of ether oxygens (including phenoxy) is 2. The van der Waals surface area contributed by atoms with E-state index in [1.165, 1.54) is 0 Å². The van der Waals surface area contributed by atoms with E-state index in [9.17, 15) is 10.1 Å². The second-order valence-corrected chi connectivity index (χ2v) is 6.34. The molecule has 0 aliphatic heterocycles. The van der Waals surface area contributed by atoms with Crippen LogP contribution < -0.4 is 14.8 Å². The van der Waals surface area contributed by atoms with Crippen molar-refractivity contribution in [2.24, 2.45) is 0 Å². The van der Waals surface area contributed by atoms with E-state index < -0.39 is 5.91 Å². The van der Waals surface area contributed by atoms with Crippen molar-refractivity contribution in [2.45, 2.75) is 6.42 Å². The number of carbonyl (C=O) groups is 1. The number of halogens is 1. The van der Waals surface area contributed by atoms with Crippen molar-refractivity contribution in [3.8, 4) is 17.6 Å². The summed E-state index contributed by atoms with van der Waals surface area (Å²) in [6, 6.07) is 15.0. The van der Waals surface area contributed by atoms with Gasteiger partial charge < -0.3 is 14.8 Å². The Morgan fingerprint density at radius 3 is 2.62 bits per heavy atom. The molecule has 26 heavy (non-hydrogen) atoms. The molecule has 0 fully saturated rings. The third-order valence-electron chi connectivity index (χ3n) is 3.67. The van der Waals surface area contributed by atoms with E-state index in [1.807, 2.05) is 48.5 Å². The molecule has 1 N–H and O–H groups in total. The average Bonchev–Trinajstić information content (AvgIpc) is 2.65. The van der Waals surface area contributed by atoms with E-state index in [-0.39, 0.29) is 5.57 Å². The Kier molecular flexibility index (Phi) is 7.24. The Bertz CT molecular complexity index is 856. The molecular formula is C20H19BrN2O3. The zero-order valence-corrected chi connectivity index (χ0v) is 16.2. The predicted molar refractivity (Wildman–Crippen MR) is 104 cm³/mol. The first kappa shape index (κ1) is 19.5. The van der Waals surface area contributed by atoms with Gasteiger partial charge in [0.05, 0.1) is 14.2 Å². The molecule has 5 nitrogen and oxygen atoms in total. The van der Waals surface area contributed by atoms with E-state index in [1.54, 1.807) is 20.3 Å². The van der Waals surface area contributed by atoms with Crippen LogP contribution in [0.25, 0.3) is 6.08 Å². The van der Waals surface area contributed by atoms with Gasteiger partial charge in [-0.3, -0.25) is 4.79 Å². The van der Waals surface area contributed by atoms with Crippen LogP contribution in [-0.2, 0) is 11.2 Å². The molecule has 1 amide bonds. The number of nitriles is 1. The number of amides is 1. The van der Waals surface area contributed by atoms with Crippen LogP contribution in [0.5, 0.6) is 11.5 Å². The van der Waals surface area contributed by atoms with Gasteiger partial charge in [-0.05, 0) is 47.9 Å². The maximum Gasteiger partial charge on any atom is 0.261 e. The summed E-state index contributed by atoms with van der Waals surface area (Å²) >= 11 is 3.37. The molecular weight excluding hydrogens is 396 g/mol. The maximum atomic E-state index is 12.2. The van der Waals surface area contributed by atoms with Gasteiger partial charge >= 0.3 is 0 Å². The van der Waals surface area contributed by atoms with Crippen LogP contribution in [-0.4, -0.2) is 26.7 Å². The van der Waals surface area contributed by atoms with Crippen molar-refractivity contribution < 1.29 is 14.3 Å². The molecule has 0 spiro atoms. The number of rotatable bonds is 7. The molecule has 0 aliphatic rings. The molecule has 0 unspecified atom stereocenters. The van der Waals surface area contributed by atoms with Gasteiger partial charge in [0.25, 0.3) is 5.91 Å². The number of hydrogen-bond acceptors (Lipinski definition) is 4. The normalized spacial score (nSPS) is 10.8. The first-order valence-electron chi connectivity index (χ1n) is 7.94. The highest BCUT2D eigenvalue weighted by molar-refractivity contribution is 9.10. The summed E-state index contributed by atoms with van der Waals surface area (Å²) in [4.78, 5) is 12.2. The van der Waals surface area contributed by atoms with Crippen LogP contribution in [0.15, 0.2) is 52.5 Å². The second kappa shape index (κ2) is 9.64. The average molecular weight is 415 g/mol. The van der Waals surface area contributed by atoms with Gasteiger partial charge in [-0.2, -0.15) is 5.26 Å². The lowest BCUT2D eigenvalue weighted by molar-refractivity contribution is -0.117. The molecule has 0 saturated heterocycles. The molecule has 0 heterocycles. The van der Waals surface area contributed by atoms with Gasteiger partial charge in [-0.25, -0.2) is 0 Å². The molecule has 0 radical (unpaired) electrons. The summed E-state index contributed by atoms with van der Waals surface area (Å²) in [5, 5.41) is 12.0. The lowest BCUT2D eigenvalue weighted by Gasteiger charge is -2.10. The summed E-state index contributed by atoms with van der Waals surface area (Å²) in [6.45, 7) is 0.409. The lowest BCUT2D eigenvalue weighted by Crippen LogP contribution is -2.26. The summed E-state index contributed by atoms with van der Waals surface area (Å²) in [5.74, 6) is 0.903. The standard InChI is InChI=1S/C20H19BrN2O3/c1-25-18-7-6-14(12-19(18)26-2)8-9-23-20(24)16(13-22)10-15-4-3-5-17(21)11-15/h3-7,10-12H,8-9H2,1-2H3,(H,23,24)/b16-10+. The van der Waals surface area contributed by atoms with Crippen LogP contribution in [0, 0.1) is 11.3 Å². The summed E-state index contributed by atoms with van der Waals surface area (Å²) in [7, 11) is 3.16. The fraction of sp³-hybridized carbons (Fsp3) is 0.200. The van der Waals surface area contributed by atoms with Crippen molar-refractivity contribution in [1.29, 1.82) is 5.26 Å². The van der Waals surface area contributed by atoms with E-state index in [0.717, 1.165) is 15.6 Å². The molecule has 2 rings (SSSR count). The predicted octanol–water partition coefficient (Wildman–Crippen LogP) is 3.73. The summed E-state index contributed by atoms with van der Waals surface area (Å²) in [6.07, 6.45) is 2.18. The molecule has 134 valence electrons. The number of carbonyl (C=O) groups excluding carboxylic acids is 1. The lowest BCUT2D eigenvalue weighted by atomic mass is 10.1. The number of methoxy groups -OCH3 is 2. The van der Waals surface area contributed by atoms with Crippen molar-refractivity contribution in [2.75, 3.05) is 20.8 Å². The van der Waals surface area contributed by atoms with Gasteiger partial charge in [0.2, 0.25) is 0 Å². The van der Waals surface area contributed by atoms with E-state index in [0.29, 0.717) is 24.5 Å². The monoisotopic (exact) mass is 414 g/mol. The Balaban J connectivity index is 1.98. The summed E-state index contributed by atoms with van der Waals surface area (Å²) < 4.78 is 11.4. The van der Waals surface area contributed by atoms with Gasteiger partial charge in [0, 0.05) is 11.0 Å². The second-order valence-electron chi connectivity index (χ2n) is 5.42. The minimum absolute atomic E-state index is 0.0652. The van der Waals surface area contributed by atoms with Crippen LogP contribution >= 0.6 is 15.9 Å². The van der Waals surface area contributed by atoms with Crippen molar-refractivity contribution in [3.05, 3.63) is 63.6 Å². The molecule has 0 saturated carbocycles. The molecule has 2 aromatic carbocycles. The fourth-order valence-corrected chi connectivity index (χ4v) is 2.78. The first-order chi connectivity index (χ1) is 12.6. The molecule has 6 heteroatoms. The molecule has 0 aliphatic carbocycles. The third kappa shape index (κ3) is 5.36. The Morgan fingerprint density at radius 2 is 1.96 bits per heavy atom. The minimum Gasteiger partial charge on any atom is -0.493 e. The Labute approximate surface area is 161 Å². The summed E-state index contributed by atoms with van der Waals surface area (Å²) in [5.41, 5.74) is 1.85. The highest BCUT2D eigenvalue weighted by Crippen LogP contribution is 2.27. The number of nitrogens with zero attached hydrogens (tertiary/aromatic N) is 1. The third-order valence-corrected chi connectivity index (χ3v) is 4.17. The molecule has 0 aromatic heterocycles. The topological polar surface area (TPSA) is 71.3 Å². The van der Waals surface area contributed by atoms with Gasteiger partial charge in [0.15, 0.2) is 11.5 Å². The highest BCUT2D eigenvalue weighted by atomic mass is 79.9. The fourth-order valence-electron chi connectivity index (χ4n) is 2.36. The van der Waals surface area contributed by atoms with E-state index >= 15 is 0 Å². The van der Waals surface area contributed by atoms with Crippen LogP contribution in [0.2, 0.25) is 0 Å². The van der Waals surface area contributed by atoms with Crippen molar-refractivity contribution in [1.82, 2.24) is 5.32 Å². The minimum atomic E-state index is -0.395. The van der Waals surface area contributed by atoms with Crippen LogP contribution in [0.3, 0.4) is 0 Å². The van der Waals surface area contributed by atoms with Gasteiger partial charge in [0.1, 0.15) is 11.6 Å². The zero-order valence-electron chi connectivity index (χ0n) is 14.6. The van der Waals surface area contributed by atoms with Crippen LogP contribution in [0.1, 0.15) is 11.1 Å². The zero-order chi connectivity index (χ0) is 18.9. The largest absolute Gasteiger partial charge is 0.493 e.